The molecule has 3 atom stereocenters. The third-order valence-corrected chi connectivity index (χ3v) is 11.4. The highest BCUT2D eigenvalue weighted by Gasteiger charge is 2.47. The molecule has 5 aromatic rings. The van der Waals surface area contributed by atoms with Gasteiger partial charge in [0.05, 0.1) is 23.9 Å². The normalized spacial score (nSPS) is 21.6. The number of hydrogen-bond donors (Lipinski definition) is 1. The number of imidazole rings is 1. The fourth-order valence-corrected chi connectivity index (χ4v) is 8.51. The predicted octanol–water partition coefficient (Wildman–Crippen LogP) is 5.42. The second-order valence-corrected chi connectivity index (χ2v) is 14.6. The minimum Gasteiger partial charge on any atom is -0.494 e. The molecule has 2 N–H and O–H groups in total. The SMILES string of the molecule is COc1cc(C(=O)N2CC3CCC2[C@@H]3N)cc2nc(-c3cc4ccccc4n3CC3CC3)n(CC3CN(C(=O)c4ccc(C#N)c(F)c4)C3)c12. The van der Waals surface area contributed by atoms with Gasteiger partial charge in [0.1, 0.15) is 23.2 Å². The van der Waals surface area contributed by atoms with Crippen molar-refractivity contribution in [3.63, 3.8) is 0 Å². The molecule has 2 aliphatic heterocycles. The number of hydrogen-bond acceptors (Lipinski definition) is 6. The minimum absolute atomic E-state index is 0.0219. The van der Waals surface area contributed by atoms with Gasteiger partial charge in [-0.3, -0.25) is 9.59 Å². The first-order chi connectivity index (χ1) is 24.3. The first-order valence-corrected chi connectivity index (χ1v) is 17.5. The van der Waals surface area contributed by atoms with Crippen molar-refractivity contribution in [3.05, 3.63) is 83.2 Å². The van der Waals surface area contributed by atoms with Crippen LogP contribution in [0.25, 0.3) is 33.5 Å². The van der Waals surface area contributed by atoms with Crippen molar-refractivity contribution in [1.29, 1.82) is 5.26 Å². The Hall–Kier alpha value is -5.21. The number of nitrogens with two attached hydrogens (primary N) is 1. The van der Waals surface area contributed by atoms with Gasteiger partial charge in [0, 0.05) is 72.8 Å². The van der Waals surface area contributed by atoms with Crippen LogP contribution in [0.4, 0.5) is 4.39 Å². The first kappa shape index (κ1) is 30.8. The van der Waals surface area contributed by atoms with Crippen LogP contribution in [0.2, 0.25) is 0 Å². The molecule has 2 bridgehead atoms. The van der Waals surface area contributed by atoms with Gasteiger partial charge in [0.25, 0.3) is 11.8 Å². The number of para-hydroxylation sites is 1. The van der Waals surface area contributed by atoms with E-state index in [1.165, 1.54) is 25.0 Å². The number of carbonyl (C=O) groups excluding carboxylic acids is 2. The molecule has 2 saturated heterocycles. The molecule has 50 heavy (non-hydrogen) atoms. The van der Waals surface area contributed by atoms with Gasteiger partial charge in [-0.2, -0.15) is 5.26 Å². The molecular formula is C39H38FN7O3. The Bertz CT molecular complexity index is 2240. The van der Waals surface area contributed by atoms with E-state index in [-0.39, 0.29) is 40.9 Å². The lowest BCUT2D eigenvalue weighted by Gasteiger charge is -2.40. The van der Waals surface area contributed by atoms with Crippen LogP contribution in [0.1, 0.15) is 52.0 Å². The zero-order chi connectivity index (χ0) is 34.3. The number of rotatable bonds is 8. The molecule has 2 amide bonds. The van der Waals surface area contributed by atoms with Crippen molar-refractivity contribution in [3.8, 4) is 23.3 Å². The number of piperidine rings is 1. The molecule has 2 aromatic heterocycles. The summed E-state index contributed by atoms with van der Waals surface area (Å²) in [6.07, 6.45) is 4.41. The zero-order valence-corrected chi connectivity index (χ0v) is 27.9. The van der Waals surface area contributed by atoms with Gasteiger partial charge in [0.15, 0.2) is 5.82 Å². The summed E-state index contributed by atoms with van der Waals surface area (Å²) in [5.41, 5.74) is 10.8. The second-order valence-electron chi connectivity index (χ2n) is 14.6. The quantitative estimate of drug-likeness (QED) is 0.235. The maximum absolute atomic E-state index is 14.3. The Morgan fingerprint density at radius 2 is 1.74 bits per heavy atom. The van der Waals surface area contributed by atoms with Crippen molar-refractivity contribution in [1.82, 2.24) is 23.9 Å². The highest BCUT2D eigenvalue weighted by atomic mass is 19.1. The van der Waals surface area contributed by atoms with E-state index >= 15 is 0 Å². The van der Waals surface area contributed by atoms with E-state index in [0.29, 0.717) is 54.8 Å². The summed E-state index contributed by atoms with van der Waals surface area (Å²) in [6.45, 7) is 3.12. The second kappa shape index (κ2) is 11.7. The number of halogens is 1. The van der Waals surface area contributed by atoms with Gasteiger partial charge in [-0.1, -0.05) is 18.2 Å². The topological polar surface area (TPSA) is 122 Å². The van der Waals surface area contributed by atoms with E-state index in [2.05, 4.69) is 33.4 Å². The lowest BCUT2D eigenvalue weighted by Crippen LogP contribution is -2.51. The number of carbonyl (C=O) groups is 2. The van der Waals surface area contributed by atoms with Crippen LogP contribution in [0.5, 0.6) is 5.75 Å². The van der Waals surface area contributed by atoms with Gasteiger partial charge < -0.3 is 29.4 Å². The van der Waals surface area contributed by atoms with E-state index in [4.69, 9.17) is 20.7 Å². The Morgan fingerprint density at radius 1 is 0.940 bits per heavy atom. The Morgan fingerprint density at radius 3 is 2.44 bits per heavy atom. The molecule has 4 aliphatic rings. The lowest BCUT2D eigenvalue weighted by atomic mass is 9.98. The van der Waals surface area contributed by atoms with Crippen molar-refractivity contribution < 1.29 is 18.7 Å². The van der Waals surface area contributed by atoms with Gasteiger partial charge in [0.2, 0.25) is 0 Å². The number of aromatic nitrogens is 3. The van der Waals surface area contributed by atoms with Crippen molar-refractivity contribution in [2.24, 2.45) is 23.5 Å². The third kappa shape index (κ3) is 4.96. The van der Waals surface area contributed by atoms with Crippen molar-refractivity contribution in [2.75, 3.05) is 26.7 Å². The van der Waals surface area contributed by atoms with E-state index in [9.17, 15) is 14.0 Å². The molecule has 0 radical (unpaired) electrons. The van der Waals surface area contributed by atoms with Crippen LogP contribution in [0.3, 0.4) is 0 Å². The lowest BCUT2D eigenvalue weighted by molar-refractivity contribution is 0.0471. The maximum atomic E-state index is 14.3. The molecule has 2 unspecified atom stereocenters. The molecule has 10 nitrogen and oxygen atoms in total. The fraction of sp³-hybridized carbons (Fsp3) is 0.385. The molecule has 0 spiro atoms. The molecule has 2 saturated carbocycles. The number of methoxy groups -OCH3 is 1. The molecule has 9 rings (SSSR count). The number of amides is 2. The summed E-state index contributed by atoms with van der Waals surface area (Å²) in [6, 6.07) is 20.2. The van der Waals surface area contributed by atoms with E-state index in [0.717, 1.165) is 53.4 Å². The van der Waals surface area contributed by atoms with Crippen LogP contribution in [0.15, 0.2) is 60.7 Å². The largest absolute Gasteiger partial charge is 0.494 e. The molecular weight excluding hydrogens is 633 g/mol. The zero-order valence-electron chi connectivity index (χ0n) is 27.9. The molecule has 3 aromatic carbocycles. The van der Waals surface area contributed by atoms with Gasteiger partial charge in [-0.15, -0.1) is 0 Å². The summed E-state index contributed by atoms with van der Waals surface area (Å²) in [7, 11) is 1.62. The number of likely N-dealkylation sites (tertiary alicyclic amines) is 2. The summed E-state index contributed by atoms with van der Waals surface area (Å²) in [5, 5.41) is 10.2. The minimum atomic E-state index is -0.698. The maximum Gasteiger partial charge on any atom is 0.254 e. The summed E-state index contributed by atoms with van der Waals surface area (Å²) in [4.78, 5) is 36.1. The fourth-order valence-electron chi connectivity index (χ4n) is 8.51. The highest BCUT2D eigenvalue weighted by Crippen LogP contribution is 2.41. The van der Waals surface area contributed by atoms with Crippen LogP contribution >= 0.6 is 0 Å². The molecule has 2 aliphatic carbocycles. The number of nitrogens with zero attached hydrogens (tertiary/aromatic N) is 6. The standard InChI is InChI=1S/C39H38FN7O3/c1-50-34-15-28(39(49)46-21-27-10-11-32(46)35(27)42)13-30-36(34)47(20-23-17-44(18-23)38(48)25-8-9-26(16-41)29(40)12-25)37(43-30)33-14-24-4-2-3-5-31(24)45(33)19-22-6-7-22/h2-5,8-9,12-15,22-23,27,32,35H,6-7,10-11,17-21,42H2,1H3/t27?,32?,35-/m1/s1. The number of nitriles is 1. The van der Waals surface area contributed by atoms with E-state index in [1.807, 2.05) is 23.1 Å². The number of ether oxygens (including phenoxy) is 1. The van der Waals surface area contributed by atoms with Crippen LogP contribution < -0.4 is 10.5 Å². The summed E-state index contributed by atoms with van der Waals surface area (Å²) >= 11 is 0. The average molecular weight is 672 g/mol. The molecule has 254 valence electrons. The summed E-state index contributed by atoms with van der Waals surface area (Å²) < 4.78 is 24.9. The van der Waals surface area contributed by atoms with E-state index in [1.54, 1.807) is 18.1 Å². The number of fused-ring (bicyclic) bond motifs is 4. The van der Waals surface area contributed by atoms with Crippen LogP contribution in [-0.2, 0) is 13.1 Å². The molecule has 4 fully saturated rings. The van der Waals surface area contributed by atoms with Crippen molar-refractivity contribution in [2.45, 2.75) is 50.9 Å². The Labute approximate surface area is 288 Å². The van der Waals surface area contributed by atoms with Gasteiger partial charge >= 0.3 is 0 Å². The van der Waals surface area contributed by atoms with E-state index < -0.39 is 5.82 Å². The van der Waals surface area contributed by atoms with Crippen molar-refractivity contribution >= 4 is 33.8 Å². The molecule has 11 heteroatoms. The summed E-state index contributed by atoms with van der Waals surface area (Å²) in [5.74, 6) is 1.44. The van der Waals surface area contributed by atoms with Gasteiger partial charge in [-0.25, -0.2) is 9.37 Å². The number of benzene rings is 3. The monoisotopic (exact) mass is 671 g/mol. The Balaban J connectivity index is 1.10. The first-order valence-electron chi connectivity index (χ1n) is 17.5. The van der Waals surface area contributed by atoms with Crippen LogP contribution in [-0.4, -0.2) is 74.6 Å². The average Bonchev–Trinajstić information content (AvgIpc) is 3.47. The molecule has 4 heterocycles. The van der Waals surface area contributed by atoms with Crippen LogP contribution in [0, 0.1) is 34.9 Å². The Kier molecular flexibility index (Phi) is 7.21. The smallest absolute Gasteiger partial charge is 0.254 e. The van der Waals surface area contributed by atoms with Gasteiger partial charge in [-0.05, 0) is 80.0 Å². The predicted molar refractivity (Wildman–Crippen MR) is 186 cm³/mol. The third-order valence-electron chi connectivity index (χ3n) is 11.4. The highest BCUT2D eigenvalue weighted by molar-refractivity contribution is 6.01.